The van der Waals surface area contributed by atoms with Crippen LogP contribution in [0.15, 0.2) is 21.8 Å². The summed E-state index contributed by atoms with van der Waals surface area (Å²) in [6.45, 7) is 3.66. The maximum absolute atomic E-state index is 9.35. The van der Waals surface area contributed by atoms with Crippen LogP contribution in [0.1, 0.15) is 51.0 Å². The van der Waals surface area contributed by atoms with Crippen molar-refractivity contribution in [2.24, 2.45) is 10.9 Å². The van der Waals surface area contributed by atoms with E-state index in [1.807, 2.05) is 0 Å². The van der Waals surface area contributed by atoms with Gasteiger partial charge in [-0.25, -0.2) is 0 Å². The van der Waals surface area contributed by atoms with Gasteiger partial charge in [0.15, 0.2) is 5.84 Å². The lowest BCUT2D eigenvalue weighted by Crippen LogP contribution is -2.20. The average Bonchev–Trinajstić information content (AvgIpc) is 3.29. The molecule has 2 aliphatic rings. The molecule has 0 saturated heterocycles. The summed E-state index contributed by atoms with van der Waals surface area (Å²) in [7, 11) is 0. The van der Waals surface area contributed by atoms with Crippen molar-refractivity contribution in [1.29, 1.82) is 5.26 Å². The second-order valence-electron chi connectivity index (χ2n) is 6.37. The molecule has 1 aliphatic carbocycles. The molecule has 1 saturated carbocycles. The Kier molecular flexibility index (Phi) is 5.02. The second kappa shape index (κ2) is 7.18. The first-order valence-corrected chi connectivity index (χ1v) is 8.71. The molecule has 0 bridgehead atoms. The van der Waals surface area contributed by atoms with Crippen LogP contribution in [-0.4, -0.2) is 28.7 Å². The number of allylic oxidation sites excluding steroid dienone is 2. The molecule has 0 spiro atoms. The van der Waals surface area contributed by atoms with E-state index >= 15 is 0 Å². The third-order valence-electron chi connectivity index (χ3n) is 4.39. The van der Waals surface area contributed by atoms with Crippen molar-refractivity contribution in [3.63, 3.8) is 0 Å². The van der Waals surface area contributed by atoms with E-state index in [0.717, 1.165) is 44.3 Å². The van der Waals surface area contributed by atoms with Crippen LogP contribution in [0.2, 0.25) is 0 Å². The van der Waals surface area contributed by atoms with Gasteiger partial charge in [-0.1, -0.05) is 23.6 Å². The monoisotopic (exact) mass is 331 g/mol. The first kappa shape index (κ1) is 16.1. The van der Waals surface area contributed by atoms with Gasteiger partial charge in [0.25, 0.3) is 0 Å². The van der Waals surface area contributed by atoms with Gasteiger partial charge < -0.3 is 5.32 Å². The molecule has 6 heteroatoms. The van der Waals surface area contributed by atoms with Crippen molar-refractivity contribution in [2.45, 2.75) is 45.4 Å². The summed E-state index contributed by atoms with van der Waals surface area (Å²) in [5, 5.41) is 17.8. The molecule has 122 valence electrons. The molecule has 3 rings (SSSR count). The smallest absolute Gasteiger partial charge is 0.169 e. The highest BCUT2D eigenvalue weighted by molar-refractivity contribution is 6.43. The van der Waals surface area contributed by atoms with Crippen LogP contribution in [0.4, 0.5) is 5.82 Å². The van der Waals surface area contributed by atoms with Crippen LogP contribution >= 0.6 is 11.6 Å². The Morgan fingerprint density at radius 3 is 2.96 bits per heavy atom. The molecule has 23 heavy (non-hydrogen) atoms. The quantitative estimate of drug-likeness (QED) is 0.913. The summed E-state index contributed by atoms with van der Waals surface area (Å²) in [6.07, 6.45) is 8.43. The van der Waals surface area contributed by atoms with Gasteiger partial charge in [0, 0.05) is 13.1 Å². The van der Waals surface area contributed by atoms with Gasteiger partial charge in [-0.15, -0.1) is 0 Å². The Balaban J connectivity index is 1.96. The van der Waals surface area contributed by atoms with Crippen molar-refractivity contribution in [3.05, 3.63) is 22.4 Å². The molecular formula is C17H22ClN5. The minimum Gasteiger partial charge on any atom is -0.369 e. The van der Waals surface area contributed by atoms with Crippen LogP contribution in [0.3, 0.4) is 0 Å². The zero-order chi connectivity index (χ0) is 16.2. The number of anilines is 1. The van der Waals surface area contributed by atoms with Crippen LogP contribution in [0.25, 0.3) is 0 Å². The molecule has 1 aromatic rings. The molecule has 1 aromatic heterocycles. The SMILES string of the molecule is C/C1=C(/Cl)C(n2ncc(C#N)c2NCC2CC2)=NCCCCC1. The Morgan fingerprint density at radius 1 is 1.39 bits per heavy atom. The van der Waals surface area contributed by atoms with Crippen molar-refractivity contribution in [3.8, 4) is 6.07 Å². The predicted molar refractivity (Wildman–Crippen MR) is 92.9 cm³/mol. The molecule has 1 N–H and O–H groups in total. The molecule has 0 atom stereocenters. The normalized spacial score (nSPS) is 22.6. The summed E-state index contributed by atoms with van der Waals surface area (Å²) in [6, 6.07) is 2.21. The third-order valence-corrected chi connectivity index (χ3v) is 4.88. The molecule has 1 aliphatic heterocycles. The Bertz CT molecular complexity index is 676. The van der Waals surface area contributed by atoms with Gasteiger partial charge in [-0.3, -0.25) is 4.99 Å². The summed E-state index contributed by atoms with van der Waals surface area (Å²) in [5.74, 6) is 2.08. The van der Waals surface area contributed by atoms with Gasteiger partial charge >= 0.3 is 0 Å². The maximum atomic E-state index is 9.35. The number of aromatic nitrogens is 2. The summed E-state index contributed by atoms with van der Waals surface area (Å²) < 4.78 is 1.71. The number of nitrogens with zero attached hydrogens (tertiary/aromatic N) is 4. The van der Waals surface area contributed by atoms with Gasteiger partial charge in [-0.05, 0) is 44.9 Å². The Labute approximate surface area is 142 Å². The number of nitriles is 1. The zero-order valence-electron chi connectivity index (χ0n) is 13.5. The summed E-state index contributed by atoms with van der Waals surface area (Å²) in [5.41, 5.74) is 1.67. The number of hydrogen-bond donors (Lipinski definition) is 1. The fourth-order valence-electron chi connectivity index (χ4n) is 2.72. The Hall–Kier alpha value is -1.80. The number of hydrogen-bond acceptors (Lipinski definition) is 4. The van der Waals surface area contributed by atoms with E-state index in [1.165, 1.54) is 12.8 Å². The summed E-state index contributed by atoms with van der Waals surface area (Å²) in [4.78, 5) is 4.67. The maximum Gasteiger partial charge on any atom is 0.169 e. The van der Waals surface area contributed by atoms with E-state index in [0.29, 0.717) is 28.2 Å². The number of nitrogens with one attached hydrogen (secondary N) is 1. The number of halogens is 1. The lowest BCUT2D eigenvalue weighted by Gasteiger charge is -2.13. The van der Waals surface area contributed by atoms with E-state index in [-0.39, 0.29) is 0 Å². The average molecular weight is 332 g/mol. The van der Waals surface area contributed by atoms with Crippen LogP contribution in [0, 0.1) is 17.2 Å². The fraction of sp³-hybridized carbons (Fsp3) is 0.588. The highest BCUT2D eigenvalue weighted by Crippen LogP contribution is 2.30. The highest BCUT2D eigenvalue weighted by atomic mass is 35.5. The molecule has 0 aromatic carbocycles. The highest BCUT2D eigenvalue weighted by Gasteiger charge is 2.24. The van der Waals surface area contributed by atoms with Crippen LogP contribution in [0.5, 0.6) is 0 Å². The van der Waals surface area contributed by atoms with Crippen molar-refractivity contribution < 1.29 is 0 Å². The van der Waals surface area contributed by atoms with Gasteiger partial charge in [-0.2, -0.15) is 15.0 Å². The topological polar surface area (TPSA) is 66.0 Å². The molecule has 0 amide bonds. The van der Waals surface area contributed by atoms with Crippen molar-refractivity contribution >= 4 is 23.3 Å². The predicted octanol–water partition coefficient (Wildman–Crippen LogP) is 3.91. The Morgan fingerprint density at radius 2 is 2.22 bits per heavy atom. The molecular weight excluding hydrogens is 310 g/mol. The van der Waals surface area contributed by atoms with E-state index in [1.54, 1.807) is 10.9 Å². The zero-order valence-corrected chi connectivity index (χ0v) is 14.2. The largest absolute Gasteiger partial charge is 0.369 e. The minimum atomic E-state index is 0.537. The van der Waals surface area contributed by atoms with E-state index in [9.17, 15) is 5.26 Å². The van der Waals surface area contributed by atoms with Gasteiger partial charge in [0.2, 0.25) is 0 Å². The minimum absolute atomic E-state index is 0.537. The van der Waals surface area contributed by atoms with E-state index in [2.05, 4.69) is 28.4 Å². The summed E-state index contributed by atoms with van der Waals surface area (Å²) >= 11 is 6.59. The first-order chi connectivity index (χ1) is 11.2. The van der Waals surface area contributed by atoms with E-state index < -0.39 is 0 Å². The molecule has 1 fully saturated rings. The lowest BCUT2D eigenvalue weighted by atomic mass is 10.1. The van der Waals surface area contributed by atoms with Crippen molar-refractivity contribution in [2.75, 3.05) is 18.4 Å². The fourth-order valence-corrected chi connectivity index (χ4v) is 2.95. The third kappa shape index (κ3) is 3.76. The van der Waals surface area contributed by atoms with Crippen LogP contribution < -0.4 is 5.32 Å². The lowest BCUT2D eigenvalue weighted by molar-refractivity contribution is 0.687. The molecule has 0 radical (unpaired) electrons. The molecule has 2 heterocycles. The number of rotatable bonds is 3. The molecule has 0 unspecified atom stereocenters. The molecule has 5 nitrogen and oxygen atoms in total. The van der Waals surface area contributed by atoms with E-state index in [4.69, 9.17) is 11.6 Å². The van der Waals surface area contributed by atoms with Crippen LogP contribution in [-0.2, 0) is 0 Å². The van der Waals surface area contributed by atoms with Gasteiger partial charge in [0.05, 0.1) is 11.2 Å². The standard InChI is InChI=1S/C17H22ClN5/c1-12-5-3-2-4-8-20-17(15(12)18)23-16(14(9-19)11-22-23)21-10-13-6-7-13/h11,13,21H,2-8,10H2,1H3/b15-12-,20-17?. The second-order valence-corrected chi connectivity index (χ2v) is 6.74. The van der Waals surface area contributed by atoms with Crippen molar-refractivity contribution in [1.82, 2.24) is 9.78 Å². The number of aliphatic imine (C=N–C) groups is 1. The first-order valence-electron chi connectivity index (χ1n) is 8.33. The van der Waals surface area contributed by atoms with Gasteiger partial charge in [0.1, 0.15) is 17.5 Å².